The van der Waals surface area contributed by atoms with Crippen LogP contribution in [0, 0.1) is 0 Å². The van der Waals surface area contributed by atoms with Gasteiger partial charge in [0.1, 0.15) is 5.01 Å². The maximum atomic E-state index is 12.8. The summed E-state index contributed by atoms with van der Waals surface area (Å²) in [4.78, 5) is 23.0. The molecule has 0 spiro atoms. The first-order chi connectivity index (χ1) is 13.8. The molecule has 4 heterocycles. The number of benzene rings is 1. The molecule has 5 rings (SSSR count). The molecule has 0 N–H and O–H groups in total. The van der Waals surface area contributed by atoms with Crippen LogP contribution < -0.4 is 9.47 Å². The first-order valence-corrected chi connectivity index (χ1v) is 10.9. The molecule has 1 saturated heterocycles. The molecule has 0 unspecified atom stereocenters. The van der Waals surface area contributed by atoms with Crippen LogP contribution in [-0.2, 0) is 6.54 Å². The first-order valence-electron chi connectivity index (χ1n) is 9.16. The van der Waals surface area contributed by atoms with E-state index in [1.165, 1.54) is 4.88 Å². The van der Waals surface area contributed by atoms with E-state index in [2.05, 4.69) is 27.8 Å². The molecule has 3 aromatic rings. The van der Waals surface area contributed by atoms with E-state index in [0.717, 1.165) is 43.4 Å². The van der Waals surface area contributed by atoms with Gasteiger partial charge in [-0.3, -0.25) is 9.69 Å². The van der Waals surface area contributed by atoms with Gasteiger partial charge in [-0.15, -0.1) is 22.7 Å². The Balaban J connectivity index is 1.18. The van der Waals surface area contributed by atoms with Crippen LogP contribution in [-0.4, -0.2) is 53.7 Å². The molecule has 2 aromatic heterocycles. The largest absolute Gasteiger partial charge is 0.454 e. The predicted octanol–water partition coefficient (Wildman–Crippen LogP) is 3.56. The Hall–Kier alpha value is -2.42. The SMILES string of the molecule is O=C(c1ccc2c(c1)OCO2)N1CCN(Cc2nc(-c3cccs3)cs2)CC1. The molecule has 6 nitrogen and oxygen atoms in total. The van der Waals surface area contributed by atoms with Crippen molar-refractivity contribution >= 4 is 28.6 Å². The summed E-state index contributed by atoms with van der Waals surface area (Å²) < 4.78 is 10.7. The Morgan fingerprint density at radius 1 is 1.07 bits per heavy atom. The molecular formula is C20H19N3O3S2. The Morgan fingerprint density at radius 3 is 2.75 bits per heavy atom. The fraction of sp³-hybridized carbons (Fsp3) is 0.300. The smallest absolute Gasteiger partial charge is 0.254 e. The third-order valence-corrected chi connectivity index (χ3v) is 6.69. The molecule has 8 heteroatoms. The zero-order valence-corrected chi connectivity index (χ0v) is 16.8. The lowest BCUT2D eigenvalue weighted by Crippen LogP contribution is -2.48. The summed E-state index contributed by atoms with van der Waals surface area (Å²) in [5.74, 6) is 1.40. The van der Waals surface area contributed by atoms with Gasteiger partial charge in [0, 0.05) is 37.1 Å². The van der Waals surface area contributed by atoms with E-state index >= 15 is 0 Å². The maximum absolute atomic E-state index is 12.8. The van der Waals surface area contributed by atoms with E-state index < -0.39 is 0 Å². The van der Waals surface area contributed by atoms with Crippen molar-refractivity contribution in [2.45, 2.75) is 6.54 Å². The molecular weight excluding hydrogens is 394 g/mol. The standard InChI is InChI=1S/C20H19N3O3S2/c24-20(14-3-4-16-17(10-14)26-13-25-16)23-7-5-22(6-8-23)11-19-21-15(12-28-19)18-2-1-9-27-18/h1-4,9-10,12H,5-8,11,13H2. The second-order valence-corrected chi connectivity index (χ2v) is 8.63. The van der Waals surface area contributed by atoms with Crippen molar-refractivity contribution in [3.8, 4) is 22.1 Å². The summed E-state index contributed by atoms with van der Waals surface area (Å²) in [5, 5.41) is 5.32. The molecule has 0 aliphatic carbocycles. The highest BCUT2D eigenvalue weighted by molar-refractivity contribution is 7.14. The molecule has 1 amide bonds. The summed E-state index contributed by atoms with van der Waals surface area (Å²) >= 11 is 3.42. The van der Waals surface area contributed by atoms with E-state index in [9.17, 15) is 4.79 Å². The Kier molecular flexibility index (Phi) is 4.76. The fourth-order valence-corrected chi connectivity index (χ4v) is 5.03. The topological polar surface area (TPSA) is 54.9 Å². The molecule has 28 heavy (non-hydrogen) atoms. The highest BCUT2D eigenvalue weighted by atomic mass is 32.1. The minimum Gasteiger partial charge on any atom is -0.454 e. The highest BCUT2D eigenvalue weighted by Gasteiger charge is 2.24. The number of carbonyl (C=O) groups excluding carboxylic acids is 1. The molecule has 1 aromatic carbocycles. The zero-order valence-electron chi connectivity index (χ0n) is 15.2. The van der Waals surface area contributed by atoms with E-state index in [-0.39, 0.29) is 12.7 Å². The van der Waals surface area contributed by atoms with Crippen molar-refractivity contribution in [1.29, 1.82) is 0 Å². The van der Waals surface area contributed by atoms with Gasteiger partial charge in [-0.1, -0.05) is 6.07 Å². The average Bonchev–Trinajstić information content (AvgIpc) is 3.48. The number of hydrogen-bond acceptors (Lipinski definition) is 7. The lowest BCUT2D eigenvalue weighted by Gasteiger charge is -2.34. The van der Waals surface area contributed by atoms with Gasteiger partial charge in [0.25, 0.3) is 5.91 Å². The molecule has 2 aliphatic heterocycles. The minimum absolute atomic E-state index is 0.0483. The Bertz CT molecular complexity index is 979. The molecule has 2 aliphatic rings. The van der Waals surface area contributed by atoms with Gasteiger partial charge >= 0.3 is 0 Å². The zero-order chi connectivity index (χ0) is 18.9. The number of piperazine rings is 1. The van der Waals surface area contributed by atoms with Crippen molar-refractivity contribution in [1.82, 2.24) is 14.8 Å². The summed E-state index contributed by atoms with van der Waals surface area (Å²) in [5.41, 5.74) is 1.71. The second kappa shape index (κ2) is 7.54. The molecule has 144 valence electrons. The quantitative estimate of drug-likeness (QED) is 0.655. The number of ether oxygens (including phenoxy) is 2. The van der Waals surface area contributed by atoms with Gasteiger partial charge in [-0.05, 0) is 29.6 Å². The molecule has 0 saturated carbocycles. The van der Waals surface area contributed by atoms with Crippen molar-refractivity contribution in [2.24, 2.45) is 0 Å². The number of carbonyl (C=O) groups is 1. The van der Waals surface area contributed by atoms with Gasteiger partial charge in [-0.25, -0.2) is 4.98 Å². The van der Waals surface area contributed by atoms with Gasteiger partial charge in [0.05, 0.1) is 17.1 Å². The van der Waals surface area contributed by atoms with E-state index in [1.807, 2.05) is 11.0 Å². The van der Waals surface area contributed by atoms with Crippen LogP contribution in [0.1, 0.15) is 15.4 Å². The van der Waals surface area contributed by atoms with Crippen molar-refractivity contribution in [3.05, 3.63) is 51.7 Å². The number of hydrogen-bond donors (Lipinski definition) is 0. The van der Waals surface area contributed by atoms with Crippen LogP contribution in [0.15, 0.2) is 41.1 Å². The third-order valence-electron chi connectivity index (χ3n) is 4.96. The average molecular weight is 414 g/mol. The molecule has 1 fully saturated rings. The van der Waals surface area contributed by atoms with Crippen LogP contribution in [0.2, 0.25) is 0 Å². The van der Waals surface area contributed by atoms with E-state index in [1.54, 1.807) is 34.8 Å². The lowest BCUT2D eigenvalue weighted by atomic mass is 10.1. The van der Waals surface area contributed by atoms with Crippen LogP contribution in [0.25, 0.3) is 10.6 Å². The number of fused-ring (bicyclic) bond motifs is 1. The lowest BCUT2D eigenvalue weighted by molar-refractivity contribution is 0.0628. The second-order valence-electron chi connectivity index (χ2n) is 6.74. The van der Waals surface area contributed by atoms with Gasteiger partial charge in [0.15, 0.2) is 11.5 Å². The van der Waals surface area contributed by atoms with Crippen molar-refractivity contribution in [2.75, 3.05) is 33.0 Å². The van der Waals surface area contributed by atoms with Gasteiger partial charge < -0.3 is 14.4 Å². The minimum atomic E-state index is 0.0483. The van der Waals surface area contributed by atoms with Crippen LogP contribution in [0.3, 0.4) is 0 Å². The van der Waals surface area contributed by atoms with Crippen LogP contribution >= 0.6 is 22.7 Å². The summed E-state index contributed by atoms with van der Waals surface area (Å²) in [6, 6.07) is 9.54. The van der Waals surface area contributed by atoms with Crippen LogP contribution in [0.4, 0.5) is 0 Å². The molecule has 0 bridgehead atoms. The molecule has 0 atom stereocenters. The monoisotopic (exact) mass is 413 g/mol. The van der Waals surface area contributed by atoms with Crippen molar-refractivity contribution in [3.63, 3.8) is 0 Å². The normalized spacial score (nSPS) is 16.5. The number of rotatable bonds is 4. The van der Waals surface area contributed by atoms with Gasteiger partial charge in [0.2, 0.25) is 6.79 Å². The van der Waals surface area contributed by atoms with Crippen LogP contribution in [0.5, 0.6) is 11.5 Å². The summed E-state index contributed by atoms with van der Waals surface area (Å²) in [7, 11) is 0. The third kappa shape index (κ3) is 3.50. The molecule has 0 radical (unpaired) electrons. The van der Waals surface area contributed by atoms with E-state index in [4.69, 9.17) is 14.5 Å². The summed E-state index contributed by atoms with van der Waals surface area (Å²) in [6.45, 7) is 4.19. The Morgan fingerprint density at radius 2 is 1.93 bits per heavy atom. The predicted molar refractivity (Wildman–Crippen MR) is 109 cm³/mol. The first kappa shape index (κ1) is 17.7. The maximum Gasteiger partial charge on any atom is 0.254 e. The van der Waals surface area contributed by atoms with E-state index in [0.29, 0.717) is 17.1 Å². The van der Waals surface area contributed by atoms with Gasteiger partial charge in [-0.2, -0.15) is 0 Å². The number of aromatic nitrogens is 1. The fourth-order valence-electron chi connectivity index (χ4n) is 3.43. The number of amides is 1. The number of thiazole rings is 1. The number of thiophene rings is 1. The Labute approximate surface area is 170 Å². The highest BCUT2D eigenvalue weighted by Crippen LogP contribution is 2.33. The summed E-state index contributed by atoms with van der Waals surface area (Å²) in [6.07, 6.45) is 0. The number of nitrogens with zero attached hydrogens (tertiary/aromatic N) is 3. The van der Waals surface area contributed by atoms with Crippen molar-refractivity contribution < 1.29 is 14.3 Å².